The average molecular weight is 360 g/mol. The van der Waals surface area contributed by atoms with Crippen LogP contribution in [0.4, 0.5) is 5.69 Å². The van der Waals surface area contributed by atoms with Crippen molar-refractivity contribution >= 4 is 15.7 Å². The zero-order chi connectivity index (χ0) is 17.9. The van der Waals surface area contributed by atoms with Crippen LogP contribution in [0.1, 0.15) is 0 Å². The molecule has 0 aliphatic rings. The Morgan fingerprint density at radius 2 is 1.72 bits per heavy atom. The van der Waals surface area contributed by atoms with Crippen LogP contribution in [0.25, 0.3) is 11.3 Å². The fourth-order valence-electron chi connectivity index (χ4n) is 2.26. The van der Waals surface area contributed by atoms with Gasteiger partial charge in [0.15, 0.2) is 23.7 Å². The quantitative estimate of drug-likeness (QED) is 0.726. The predicted molar refractivity (Wildman–Crippen MR) is 92.3 cm³/mol. The second kappa shape index (κ2) is 6.86. The predicted octanol–water partition coefficient (Wildman–Crippen LogP) is 3.16. The second-order valence-electron chi connectivity index (χ2n) is 5.07. The van der Waals surface area contributed by atoms with E-state index in [1.807, 2.05) is 0 Å². The molecule has 2 aromatic carbocycles. The Morgan fingerprint density at radius 3 is 2.32 bits per heavy atom. The number of ether oxygens (including phenoxy) is 2. The SMILES string of the molecule is COc1ccc(S(=O)(=O)Nc2ccc(-c3cnco3)cc2)cc1OC. The average Bonchev–Trinajstić information content (AvgIpc) is 3.16. The van der Waals surface area contributed by atoms with Gasteiger partial charge in [0.2, 0.25) is 0 Å². The van der Waals surface area contributed by atoms with Gasteiger partial charge in [-0.1, -0.05) is 0 Å². The molecule has 0 aliphatic carbocycles. The van der Waals surface area contributed by atoms with E-state index in [4.69, 9.17) is 13.9 Å². The third-order valence-electron chi connectivity index (χ3n) is 3.52. The summed E-state index contributed by atoms with van der Waals surface area (Å²) in [5.41, 5.74) is 1.23. The molecule has 3 rings (SSSR count). The van der Waals surface area contributed by atoms with Gasteiger partial charge in [-0.25, -0.2) is 13.4 Å². The minimum Gasteiger partial charge on any atom is -0.493 e. The molecule has 1 aromatic heterocycles. The highest BCUT2D eigenvalue weighted by Crippen LogP contribution is 2.30. The number of hydrogen-bond acceptors (Lipinski definition) is 6. The lowest BCUT2D eigenvalue weighted by Crippen LogP contribution is -2.13. The van der Waals surface area contributed by atoms with E-state index < -0.39 is 10.0 Å². The van der Waals surface area contributed by atoms with E-state index in [0.717, 1.165) is 5.56 Å². The molecule has 0 spiro atoms. The van der Waals surface area contributed by atoms with Crippen LogP contribution in [0.5, 0.6) is 11.5 Å². The number of sulfonamides is 1. The van der Waals surface area contributed by atoms with Crippen LogP contribution in [-0.2, 0) is 10.0 Å². The molecule has 0 bridgehead atoms. The summed E-state index contributed by atoms with van der Waals surface area (Å²) in [4.78, 5) is 3.92. The minimum atomic E-state index is -3.76. The number of aromatic nitrogens is 1. The van der Waals surface area contributed by atoms with E-state index >= 15 is 0 Å². The molecule has 0 radical (unpaired) electrons. The first kappa shape index (κ1) is 16.8. The molecule has 8 heteroatoms. The van der Waals surface area contributed by atoms with Crippen LogP contribution in [0.15, 0.2) is 64.4 Å². The summed E-state index contributed by atoms with van der Waals surface area (Å²) in [6, 6.07) is 11.2. The third-order valence-corrected chi connectivity index (χ3v) is 4.90. The van der Waals surface area contributed by atoms with E-state index in [9.17, 15) is 8.42 Å². The summed E-state index contributed by atoms with van der Waals surface area (Å²) < 4.78 is 43.1. The Kier molecular flexibility index (Phi) is 4.62. The first-order chi connectivity index (χ1) is 12.0. The van der Waals surface area contributed by atoms with E-state index in [-0.39, 0.29) is 4.90 Å². The van der Waals surface area contributed by atoms with Crippen LogP contribution < -0.4 is 14.2 Å². The van der Waals surface area contributed by atoms with Crippen molar-refractivity contribution in [2.24, 2.45) is 0 Å². The molecule has 0 saturated carbocycles. The molecular formula is C17H16N2O5S. The van der Waals surface area contributed by atoms with Crippen molar-refractivity contribution in [2.45, 2.75) is 4.90 Å². The van der Waals surface area contributed by atoms with Crippen LogP contribution in [0.2, 0.25) is 0 Å². The molecule has 0 saturated heterocycles. The van der Waals surface area contributed by atoms with E-state index in [1.54, 1.807) is 36.5 Å². The second-order valence-corrected chi connectivity index (χ2v) is 6.75. The Balaban J connectivity index is 1.84. The maximum atomic E-state index is 12.5. The van der Waals surface area contributed by atoms with Gasteiger partial charge in [-0.3, -0.25) is 4.72 Å². The van der Waals surface area contributed by atoms with Gasteiger partial charge in [0.25, 0.3) is 10.0 Å². The molecule has 0 unspecified atom stereocenters. The molecule has 0 aliphatic heterocycles. The number of rotatable bonds is 6. The topological polar surface area (TPSA) is 90.7 Å². The smallest absolute Gasteiger partial charge is 0.262 e. The highest BCUT2D eigenvalue weighted by atomic mass is 32.2. The summed E-state index contributed by atoms with van der Waals surface area (Å²) >= 11 is 0. The van der Waals surface area contributed by atoms with Gasteiger partial charge in [-0.2, -0.15) is 0 Å². The summed E-state index contributed by atoms with van der Waals surface area (Å²) in [5.74, 6) is 1.40. The van der Waals surface area contributed by atoms with Gasteiger partial charge in [0.1, 0.15) is 0 Å². The van der Waals surface area contributed by atoms with Crippen molar-refractivity contribution in [3.05, 3.63) is 55.1 Å². The Labute approximate surface area is 145 Å². The van der Waals surface area contributed by atoms with Crippen molar-refractivity contribution in [2.75, 3.05) is 18.9 Å². The zero-order valence-electron chi connectivity index (χ0n) is 13.6. The number of methoxy groups -OCH3 is 2. The molecule has 130 valence electrons. The van der Waals surface area contributed by atoms with Gasteiger partial charge in [-0.15, -0.1) is 0 Å². The van der Waals surface area contributed by atoms with Crippen molar-refractivity contribution in [1.29, 1.82) is 0 Å². The van der Waals surface area contributed by atoms with Gasteiger partial charge >= 0.3 is 0 Å². The summed E-state index contributed by atoms with van der Waals surface area (Å²) in [5, 5.41) is 0. The summed E-state index contributed by atoms with van der Waals surface area (Å²) in [6.45, 7) is 0. The molecule has 1 N–H and O–H groups in total. The maximum absolute atomic E-state index is 12.5. The lowest BCUT2D eigenvalue weighted by molar-refractivity contribution is 0.354. The number of nitrogens with one attached hydrogen (secondary N) is 1. The van der Waals surface area contributed by atoms with Gasteiger partial charge in [0.05, 0.1) is 25.3 Å². The highest BCUT2D eigenvalue weighted by Gasteiger charge is 2.17. The molecule has 7 nitrogen and oxygen atoms in total. The highest BCUT2D eigenvalue weighted by molar-refractivity contribution is 7.92. The fourth-order valence-corrected chi connectivity index (χ4v) is 3.33. The lowest BCUT2D eigenvalue weighted by atomic mass is 10.2. The van der Waals surface area contributed by atoms with Crippen molar-refractivity contribution in [3.8, 4) is 22.8 Å². The third kappa shape index (κ3) is 3.58. The first-order valence-corrected chi connectivity index (χ1v) is 8.75. The number of nitrogens with zero attached hydrogens (tertiary/aromatic N) is 1. The molecule has 0 atom stereocenters. The number of benzene rings is 2. The van der Waals surface area contributed by atoms with E-state index in [0.29, 0.717) is 22.9 Å². The molecule has 3 aromatic rings. The van der Waals surface area contributed by atoms with Crippen LogP contribution in [0, 0.1) is 0 Å². The molecule has 0 fully saturated rings. The summed E-state index contributed by atoms with van der Waals surface area (Å²) in [6.07, 6.45) is 2.92. The van der Waals surface area contributed by atoms with E-state index in [2.05, 4.69) is 9.71 Å². The molecular weight excluding hydrogens is 344 g/mol. The number of hydrogen-bond donors (Lipinski definition) is 1. The first-order valence-electron chi connectivity index (χ1n) is 7.27. The van der Waals surface area contributed by atoms with Crippen molar-refractivity contribution < 1.29 is 22.3 Å². The Morgan fingerprint density at radius 1 is 1.00 bits per heavy atom. The summed E-state index contributed by atoms with van der Waals surface area (Å²) in [7, 11) is -0.824. The Bertz CT molecular complexity index is 951. The number of oxazole rings is 1. The van der Waals surface area contributed by atoms with E-state index in [1.165, 1.54) is 32.7 Å². The van der Waals surface area contributed by atoms with Gasteiger partial charge in [0, 0.05) is 17.3 Å². The van der Waals surface area contributed by atoms with Crippen LogP contribution in [0.3, 0.4) is 0 Å². The van der Waals surface area contributed by atoms with Crippen LogP contribution in [-0.4, -0.2) is 27.6 Å². The molecule has 25 heavy (non-hydrogen) atoms. The Hall–Kier alpha value is -3.00. The zero-order valence-corrected chi connectivity index (χ0v) is 14.4. The lowest BCUT2D eigenvalue weighted by Gasteiger charge is -2.12. The van der Waals surface area contributed by atoms with Crippen molar-refractivity contribution in [1.82, 2.24) is 4.98 Å². The fraction of sp³-hybridized carbons (Fsp3) is 0.118. The maximum Gasteiger partial charge on any atom is 0.262 e. The minimum absolute atomic E-state index is 0.0736. The monoisotopic (exact) mass is 360 g/mol. The van der Waals surface area contributed by atoms with Crippen molar-refractivity contribution in [3.63, 3.8) is 0 Å². The largest absolute Gasteiger partial charge is 0.493 e. The molecule has 0 amide bonds. The standard InChI is InChI=1S/C17H16N2O5S/c1-22-15-8-7-14(9-16(15)23-2)25(20,21)19-13-5-3-12(4-6-13)17-10-18-11-24-17/h3-11,19H,1-2H3. The van der Waals surface area contributed by atoms with Crippen LogP contribution >= 0.6 is 0 Å². The normalized spacial score (nSPS) is 11.1. The number of anilines is 1. The van der Waals surface area contributed by atoms with Gasteiger partial charge < -0.3 is 13.9 Å². The molecule has 1 heterocycles. The van der Waals surface area contributed by atoms with Gasteiger partial charge in [-0.05, 0) is 36.4 Å².